The Morgan fingerprint density at radius 2 is 2.24 bits per heavy atom. The van der Waals surface area contributed by atoms with Gasteiger partial charge in [0.25, 0.3) is 0 Å². The predicted molar refractivity (Wildman–Crippen MR) is 79.7 cm³/mol. The molecule has 0 atom stereocenters. The van der Waals surface area contributed by atoms with Crippen LogP contribution in [0.3, 0.4) is 0 Å². The van der Waals surface area contributed by atoms with Crippen molar-refractivity contribution in [3.8, 4) is 0 Å². The summed E-state index contributed by atoms with van der Waals surface area (Å²) < 4.78 is 12.4. The first-order valence-corrected chi connectivity index (χ1v) is 7.88. The first-order chi connectivity index (χ1) is 9.76. The Bertz CT molecular complexity index is 767. The molecule has 0 saturated heterocycles. The zero-order valence-electron chi connectivity index (χ0n) is 10.8. The maximum absolute atomic E-state index is 10.7. The number of aromatic nitrogens is 4. The molecular weight excluding hydrogens is 317 g/mol. The van der Waals surface area contributed by atoms with Crippen LogP contribution in [0.1, 0.15) is 6.42 Å². The van der Waals surface area contributed by atoms with E-state index in [9.17, 15) is 4.57 Å². The number of hydrogen-bond donors (Lipinski definition) is 3. The zero-order chi connectivity index (χ0) is 15.6. The largest absolute Gasteiger partial charge is 0.368 e. The molecule has 0 aromatic carbocycles. The molecule has 8 nitrogen and oxygen atoms in total. The lowest BCUT2D eigenvalue weighted by atomic mass is 10.2. The predicted octanol–water partition coefficient (Wildman–Crippen LogP) is 1.70. The number of rotatable bonds is 5. The summed E-state index contributed by atoms with van der Waals surface area (Å²) in [5, 5.41) is 0.177. The SMILES string of the molecule is C=C(/C=C/P(=O)(O)O)CCn1cnc2c(Cl)nc(N)nc21. The monoisotopic (exact) mass is 329 g/mol. The van der Waals surface area contributed by atoms with Crippen molar-refractivity contribution in [1.29, 1.82) is 0 Å². The maximum atomic E-state index is 10.7. The lowest BCUT2D eigenvalue weighted by molar-refractivity contribution is 0.386. The molecule has 4 N–H and O–H groups in total. The molecule has 0 spiro atoms. The van der Waals surface area contributed by atoms with Gasteiger partial charge in [0.1, 0.15) is 5.52 Å². The van der Waals surface area contributed by atoms with E-state index < -0.39 is 7.60 Å². The van der Waals surface area contributed by atoms with Crippen LogP contribution in [-0.2, 0) is 11.1 Å². The Morgan fingerprint density at radius 1 is 1.52 bits per heavy atom. The summed E-state index contributed by atoms with van der Waals surface area (Å²) in [6.07, 6.45) is 3.31. The molecule has 0 saturated carbocycles. The standard InChI is InChI=1S/C11H13ClN5O3P/c1-7(3-5-21(18,19)20)2-4-17-6-14-8-9(12)15-11(13)16-10(8)17/h3,5-6H,1-2,4H2,(H2,13,15,16)(H2,18,19,20)/b5-3+. The quantitative estimate of drug-likeness (QED) is 0.432. The van der Waals surface area contributed by atoms with Crippen molar-refractivity contribution in [2.45, 2.75) is 13.0 Å². The minimum atomic E-state index is -4.17. The smallest absolute Gasteiger partial charge is 0.349 e. The molecule has 2 aromatic rings. The van der Waals surface area contributed by atoms with Gasteiger partial charge in [-0.05, 0) is 6.42 Å². The summed E-state index contributed by atoms with van der Waals surface area (Å²) >= 11 is 5.92. The van der Waals surface area contributed by atoms with Crippen LogP contribution in [0.25, 0.3) is 11.2 Å². The molecule has 0 bridgehead atoms. The van der Waals surface area contributed by atoms with E-state index in [4.69, 9.17) is 27.1 Å². The molecule has 0 aliphatic rings. The maximum Gasteiger partial charge on any atom is 0.349 e. The highest BCUT2D eigenvalue weighted by Crippen LogP contribution is 2.36. The molecule has 2 heterocycles. The average Bonchev–Trinajstić information content (AvgIpc) is 2.76. The first kappa shape index (κ1) is 15.7. The highest BCUT2D eigenvalue weighted by molar-refractivity contribution is 7.55. The van der Waals surface area contributed by atoms with Gasteiger partial charge in [-0.15, -0.1) is 0 Å². The van der Waals surface area contributed by atoms with Gasteiger partial charge in [0.15, 0.2) is 10.8 Å². The number of allylic oxidation sites excluding steroid dienone is 2. The van der Waals surface area contributed by atoms with E-state index in [0.717, 1.165) is 5.82 Å². The summed E-state index contributed by atoms with van der Waals surface area (Å²) in [5.74, 6) is 0.868. The molecule has 2 aromatic heterocycles. The van der Waals surface area contributed by atoms with E-state index >= 15 is 0 Å². The van der Waals surface area contributed by atoms with Crippen molar-refractivity contribution in [2.75, 3.05) is 5.73 Å². The van der Waals surface area contributed by atoms with Crippen molar-refractivity contribution < 1.29 is 14.4 Å². The average molecular weight is 330 g/mol. The van der Waals surface area contributed by atoms with E-state index in [1.807, 2.05) is 0 Å². The third kappa shape index (κ3) is 4.12. The number of aryl methyl sites for hydroxylation is 1. The van der Waals surface area contributed by atoms with Crippen LogP contribution < -0.4 is 5.73 Å². The fourth-order valence-corrected chi connectivity index (χ4v) is 2.26. The Morgan fingerprint density at radius 3 is 2.90 bits per heavy atom. The summed E-state index contributed by atoms with van der Waals surface area (Å²) in [6.45, 7) is 4.19. The van der Waals surface area contributed by atoms with Crippen LogP contribution in [0.15, 0.2) is 30.4 Å². The van der Waals surface area contributed by atoms with E-state index in [2.05, 4.69) is 21.5 Å². The van der Waals surface area contributed by atoms with Gasteiger partial charge in [0.2, 0.25) is 5.95 Å². The second-order valence-corrected chi connectivity index (χ2v) is 6.13. The third-order valence-electron chi connectivity index (χ3n) is 2.62. The summed E-state index contributed by atoms with van der Waals surface area (Å²) in [7, 11) is -4.17. The van der Waals surface area contributed by atoms with Crippen molar-refractivity contribution in [1.82, 2.24) is 19.5 Å². The molecule has 0 aliphatic carbocycles. The normalized spacial score (nSPS) is 12.3. The van der Waals surface area contributed by atoms with Gasteiger partial charge in [0.05, 0.1) is 6.33 Å². The molecule has 10 heteroatoms. The zero-order valence-corrected chi connectivity index (χ0v) is 12.5. The van der Waals surface area contributed by atoms with Gasteiger partial charge < -0.3 is 20.1 Å². The lowest BCUT2D eigenvalue weighted by Gasteiger charge is -2.04. The Kier molecular flexibility index (Phi) is 4.43. The van der Waals surface area contributed by atoms with Crippen molar-refractivity contribution in [3.63, 3.8) is 0 Å². The van der Waals surface area contributed by atoms with Crippen LogP contribution in [-0.4, -0.2) is 29.3 Å². The number of imidazole rings is 1. The number of fused-ring (bicyclic) bond motifs is 1. The van der Waals surface area contributed by atoms with Gasteiger partial charge in [-0.2, -0.15) is 9.97 Å². The Labute approximate surface area is 125 Å². The summed E-state index contributed by atoms with van der Waals surface area (Å²) in [6, 6.07) is 0. The van der Waals surface area contributed by atoms with E-state index in [1.54, 1.807) is 10.9 Å². The molecule has 0 amide bonds. The molecule has 112 valence electrons. The fourth-order valence-electron chi connectivity index (χ4n) is 1.64. The molecule has 0 radical (unpaired) electrons. The van der Waals surface area contributed by atoms with Crippen LogP contribution in [0.4, 0.5) is 5.95 Å². The Balaban J connectivity index is 2.13. The van der Waals surface area contributed by atoms with E-state index in [-0.39, 0.29) is 11.1 Å². The van der Waals surface area contributed by atoms with Gasteiger partial charge in [-0.1, -0.05) is 29.8 Å². The number of hydrogen-bond acceptors (Lipinski definition) is 5. The van der Waals surface area contributed by atoms with Gasteiger partial charge in [0, 0.05) is 12.4 Å². The van der Waals surface area contributed by atoms with Gasteiger partial charge >= 0.3 is 7.60 Å². The molecular formula is C11H13ClN5O3P. The minimum Gasteiger partial charge on any atom is -0.368 e. The summed E-state index contributed by atoms with van der Waals surface area (Å²) in [4.78, 5) is 29.5. The van der Waals surface area contributed by atoms with Gasteiger partial charge in [-0.25, -0.2) is 4.98 Å². The highest BCUT2D eigenvalue weighted by Gasteiger charge is 2.11. The number of nitrogens with two attached hydrogens (primary N) is 1. The number of nitrogens with zero attached hydrogens (tertiary/aromatic N) is 4. The first-order valence-electron chi connectivity index (χ1n) is 5.82. The highest BCUT2D eigenvalue weighted by atomic mass is 35.5. The van der Waals surface area contributed by atoms with Gasteiger partial charge in [-0.3, -0.25) is 4.57 Å². The van der Waals surface area contributed by atoms with Crippen molar-refractivity contribution in [3.05, 3.63) is 35.5 Å². The second kappa shape index (κ2) is 5.95. The van der Waals surface area contributed by atoms with E-state index in [0.29, 0.717) is 29.7 Å². The van der Waals surface area contributed by atoms with Crippen LogP contribution in [0, 0.1) is 0 Å². The van der Waals surface area contributed by atoms with Crippen LogP contribution >= 0.6 is 19.2 Å². The molecule has 21 heavy (non-hydrogen) atoms. The molecule has 0 aliphatic heterocycles. The topological polar surface area (TPSA) is 127 Å². The Hall–Kier alpha value is -1.73. The van der Waals surface area contributed by atoms with Crippen LogP contribution in [0.5, 0.6) is 0 Å². The summed E-state index contributed by atoms with van der Waals surface area (Å²) in [5.41, 5.74) is 7.05. The lowest BCUT2D eigenvalue weighted by Crippen LogP contribution is -2.01. The number of anilines is 1. The second-order valence-electron chi connectivity index (χ2n) is 4.30. The van der Waals surface area contributed by atoms with Crippen LogP contribution in [0.2, 0.25) is 5.15 Å². The minimum absolute atomic E-state index is 0.0504. The number of halogens is 1. The molecule has 0 fully saturated rings. The molecule has 0 unspecified atom stereocenters. The van der Waals surface area contributed by atoms with E-state index in [1.165, 1.54) is 6.08 Å². The van der Waals surface area contributed by atoms with Crippen molar-refractivity contribution in [2.24, 2.45) is 0 Å². The third-order valence-corrected chi connectivity index (χ3v) is 3.42. The van der Waals surface area contributed by atoms with Crippen molar-refractivity contribution >= 4 is 36.3 Å². The number of nitrogen functional groups attached to an aromatic ring is 1. The fraction of sp³-hybridized carbons (Fsp3) is 0.182. The molecule has 2 rings (SSSR count).